The lowest BCUT2D eigenvalue weighted by Gasteiger charge is -2.13. The number of amides is 1. The SMILES string of the molecule is CC(C(=O)Nc1ccc(NS(=O)(=O)c2cccc(I)c2)cc1)n1cncn1. The zero-order valence-corrected chi connectivity index (χ0v) is 17.2. The van der Waals surface area contributed by atoms with Gasteiger partial charge < -0.3 is 5.32 Å². The third-order valence-electron chi connectivity index (χ3n) is 3.72. The Labute approximate surface area is 170 Å². The van der Waals surface area contributed by atoms with Crippen LogP contribution in [-0.2, 0) is 14.8 Å². The molecule has 27 heavy (non-hydrogen) atoms. The minimum absolute atomic E-state index is 0.188. The van der Waals surface area contributed by atoms with E-state index in [2.05, 4.69) is 42.7 Å². The van der Waals surface area contributed by atoms with Crippen LogP contribution < -0.4 is 10.0 Å². The van der Waals surface area contributed by atoms with Gasteiger partial charge in [0.2, 0.25) is 5.91 Å². The Morgan fingerprint density at radius 2 is 1.85 bits per heavy atom. The van der Waals surface area contributed by atoms with Gasteiger partial charge in [0.25, 0.3) is 10.0 Å². The molecule has 0 spiro atoms. The zero-order valence-electron chi connectivity index (χ0n) is 14.2. The van der Waals surface area contributed by atoms with E-state index >= 15 is 0 Å². The van der Waals surface area contributed by atoms with Crippen molar-refractivity contribution >= 4 is 49.9 Å². The summed E-state index contributed by atoms with van der Waals surface area (Å²) in [4.78, 5) is 16.2. The van der Waals surface area contributed by atoms with Gasteiger partial charge in [-0.1, -0.05) is 6.07 Å². The maximum atomic E-state index is 12.4. The first-order chi connectivity index (χ1) is 12.8. The summed E-state index contributed by atoms with van der Waals surface area (Å²) in [6.07, 6.45) is 2.82. The minimum Gasteiger partial charge on any atom is -0.324 e. The van der Waals surface area contributed by atoms with Crippen LogP contribution in [-0.4, -0.2) is 29.1 Å². The highest BCUT2D eigenvalue weighted by Crippen LogP contribution is 2.20. The minimum atomic E-state index is -3.68. The maximum Gasteiger partial charge on any atom is 0.261 e. The molecule has 10 heteroatoms. The highest BCUT2D eigenvalue weighted by molar-refractivity contribution is 14.1. The average molecular weight is 497 g/mol. The Balaban J connectivity index is 1.67. The molecule has 0 aliphatic heterocycles. The Morgan fingerprint density at radius 3 is 2.48 bits per heavy atom. The van der Waals surface area contributed by atoms with Crippen LogP contribution >= 0.6 is 22.6 Å². The largest absolute Gasteiger partial charge is 0.324 e. The third-order valence-corrected chi connectivity index (χ3v) is 5.77. The summed E-state index contributed by atoms with van der Waals surface area (Å²) >= 11 is 2.06. The van der Waals surface area contributed by atoms with E-state index in [-0.39, 0.29) is 10.8 Å². The Kier molecular flexibility index (Phi) is 5.75. The highest BCUT2D eigenvalue weighted by atomic mass is 127. The van der Waals surface area contributed by atoms with Crippen molar-refractivity contribution in [2.75, 3.05) is 10.0 Å². The molecule has 1 unspecified atom stereocenters. The van der Waals surface area contributed by atoms with E-state index in [1.165, 1.54) is 23.4 Å². The van der Waals surface area contributed by atoms with Crippen molar-refractivity contribution in [2.45, 2.75) is 17.9 Å². The first-order valence-corrected chi connectivity index (χ1v) is 10.4. The van der Waals surface area contributed by atoms with Gasteiger partial charge in [0, 0.05) is 14.9 Å². The summed E-state index contributed by atoms with van der Waals surface area (Å²) < 4.78 is 29.7. The van der Waals surface area contributed by atoms with Crippen LogP contribution in [0.5, 0.6) is 0 Å². The Morgan fingerprint density at radius 1 is 1.15 bits per heavy atom. The number of carbonyl (C=O) groups excluding carboxylic acids is 1. The fraction of sp³-hybridized carbons (Fsp3) is 0.118. The fourth-order valence-electron chi connectivity index (χ4n) is 2.25. The zero-order chi connectivity index (χ0) is 19.4. The molecule has 0 radical (unpaired) electrons. The van der Waals surface area contributed by atoms with Crippen LogP contribution in [0, 0.1) is 3.57 Å². The lowest BCUT2D eigenvalue weighted by atomic mass is 10.2. The monoisotopic (exact) mass is 497 g/mol. The van der Waals surface area contributed by atoms with Crippen LogP contribution in [0.25, 0.3) is 0 Å². The number of rotatable bonds is 6. The number of anilines is 2. The Bertz CT molecular complexity index is 1040. The highest BCUT2D eigenvalue weighted by Gasteiger charge is 2.16. The molecule has 1 heterocycles. The number of sulfonamides is 1. The van der Waals surface area contributed by atoms with Gasteiger partial charge in [0.05, 0.1) is 4.90 Å². The molecule has 0 bridgehead atoms. The lowest BCUT2D eigenvalue weighted by molar-refractivity contribution is -0.119. The second-order valence-corrected chi connectivity index (χ2v) is 8.61. The molecule has 140 valence electrons. The number of halogens is 1. The molecule has 3 rings (SSSR count). The molecule has 1 amide bonds. The van der Waals surface area contributed by atoms with Gasteiger partial charge in [-0.05, 0) is 72.0 Å². The standard InChI is InChI=1S/C17H16IN5O3S/c1-12(23-11-19-10-20-23)17(24)21-14-5-7-15(8-6-14)22-27(25,26)16-4-2-3-13(18)9-16/h2-12,22H,1H3,(H,21,24). The van der Waals surface area contributed by atoms with E-state index < -0.39 is 16.1 Å². The van der Waals surface area contributed by atoms with Gasteiger partial charge in [-0.25, -0.2) is 18.1 Å². The maximum absolute atomic E-state index is 12.4. The molecule has 1 aromatic heterocycles. The molecule has 2 N–H and O–H groups in total. The second kappa shape index (κ2) is 8.05. The van der Waals surface area contributed by atoms with Crippen LogP contribution in [0.15, 0.2) is 66.1 Å². The summed E-state index contributed by atoms with van der Waals surface area (Å²) in [5.41, 5.74) is 0.945. The average Bonchev–Trinajstić information content (AvgIpc) is 3.17. The number of hydrogen-bond acceptors (Lipinski definition) is 5. The van der Waals surface area contributed by atoms with Gasteiger partial charge in [0.1, 0.15) is 18.7 Å². The smallest absolute Gasteiger partial charge is 0.261 e. The number of hydrogen-bond donors (Lipinski definition) is 2. The van der Waals surface area contributed by atoms with Gasteiger partial charge >= 0.3 is 0 Å². The summed E-state index contributed by atoms with van der Waals surface area (Å²) in [6, 6.07) is 12.5. The Hall–Kier alpha value is -2.47. The van der Waals surface area contributed by atoms with Crippen LogP contribution in [0.1, 0.15) is 13.0 Å². The van der Waals surface area contributed by atoms with E-state index in [1.54, 1.807) is 43.3 Å². The van der Waals surface area contributed by atoms with Crippen molar-refractivity contribution < 1.29 is 13.2 Å². The van der Waals surface area contributed by atoms with Gasteiger partial charge in [-0.2, -0.15) is 5.10 Å². The van der Waals surface area contributed by atoms with Crippen LogP contribution in [0.3, 0.4) is 0 Å². The van der Waals surface area contributed by atoms with E-state index in [1.807, 2.05) is 6.07 Å². The van der Waals surface area contributed by atoms with Gasteiger partial charge in [0.15, 0.2) is 0 Å². The number of aromatic nitrogens is 3. The second-order valence-electron chi connectivity index (χ2n) is 5.68. The summed E-state index contributed by atoms with van der Waals surface area (Å²) in [5.74, 6) is -0.257. The lowest BCUT2D eigenvalue weighted by Crippen LogP contribution is -2.24. The topological polar surface area (TPSA) is 106 Å². The predicted octanol–water partition coefficient (Wildman–Crippen LogP) is 2.88. The van der Waals surface area contributed by atoms with Gasteiger partial charge in [-0.15, -0.1) is 0 Å². The first-order valence-electron chi connectivity index (χ1n) is 7.88. The van der Waals surface area contributed by atoms with E-state index in [4.69, 9.17) is 0 Å². The molecule has 0 fully saturated rings. The van der Waals surface area contributed by atoms with Crippen molar-refractivity contribution in [3.8, 4) is 0 Å². The number of nitrogens with one attached hydrogen (secondary N) is 2. The van der Waals surface area contributed by atoms with Gasteiger partial charge in [-0.3, -0.25) is 9.52 Å². The third kappa shape index (κ3) is 4.83. The number of carbonyl (C=O) groups is 1. The summed E-state index contributed by atoms with van der Waals surface area (Å²) in [7, 11) is -3.68. The number of nitrogens with zero attached hydrogens (tertiary/aromatic N) is 3. The summed E-state index contributed by atoms with van der Waals surface area (Å²) in [6.45, 7) is 1.70. The first kappa shape index (κ1) is 19.3. The van der Waals surface area contributed by atoms with Crippen molar-refractivity contribution in [1.82, 2.24) is 14.8 Å². The van der Waals surface area contributed by atoms with Crippen LogP contribution in [0.4, 0.5) is 11.4 Å². The predicted molar refractivity (Wildman–Crippen MR) is 110 cm³/mol. The molecule has 8 nitrogen and oxygen atoms in total. The quantitative estimate of drug-likeness (QED) is 0.510. The van der Waals surface area contributed by atoms with E-state index in [0.717, 1.165) is 3.57 Å². The molecule has 1 atom stereocenters. The van der Waals surface area contributed by atoms with Crippen molar-refractivity contribution in [3.63, 3.8) is 0 Å². The molecule has 3 aromatic rings. The van der Waals surface area contributed by atoms with Crippen LogP contribution in [0.2, 0.25) is 0 Å². The number of benzene rings is 2. The molecule has 0 aliphatic rings. The molecular weight excluding hydrogens is 481 g/mol. The normalized spacial score (nSPS) is 12.4. The molecule has 0 saturated carbocycles. The van der Waals surface area contributed by atoms with Crippen molar-refractivity contribution in [2.24, 2.45) is 0 Å². The fourth-order valence-corrected chi connectivity index (χ4v) is 4.11. The van der Waals surface area contributed by atoms with Crippen molar-refractivity contribution in [1.29, 1.82) is 0 Å². The molecule has 2 aromatic carbocycles. The van der Waals surface area contributed by atoms with Crippen molar-refractivity contribution in [3.05, 3.63) is 64.8 Å². The summed E-state index contributed by atoms with van der Waals surface area (Å²) in [5, 5.41) is 6.69. The molecule has 0 saturated heterocycles. The molecule has 0 aliphatic carbocycles. The van der Waals surface area contributed by atoms with E-state index in [0.29, 0.717) is 11.4 Å². The molecular formula is C17H16IN5O3S. The van der Waals surface area contributed by atoms with E-state index in [9.17, 15) is 13.2 Å².